The second-order valence-electron chi connectivity index (χ2n) is 2.61. The van der Waals surface area contributed by atoms with Crippen molar-refractivity contribution in [3.63, 3.8) is 0 Å². The maximum Gasteiger partial charge on any atom is 0.284 e. The SMILES string of the molecule is C=CCOCCC(S(=O)(=O)O)S(=O)(=O)O. The Hall–Kier alpha value is -0.480. The molecule has 90 valence electrons. The summed E-state index contributed by atoms with van der Waals surface area (Å²) in [5.74, 6) is 0. The van der Waals surface area contributed by atoms with Crippen LogP contribution in [0.3, 0.4) is 0 Å². The Bertz CT molecular complexity index is 361. The molecule has 0 spiro atoms. The average Bonchev–Trinajstić information content (AvgIpc) is 1.99. The first kappa shape index (κ1) is 14.5. The third-order valence-electron chi connectivity index (χ3n) is 1.40. The van der Waals surface area contributed by atoms with Crippen molar-refractivity contribution < 1.29 is 30.7 Å². The van der Waals surface area contributed by atoms with Crippen molar-refractivity contribution in [3.05, 3.63) is 12.7 Å². The van der Waals surface area contributed by atoms with E-state index in [0.29, 0.717) is 0 Å². The van der Waals surface area contributed by atoms with Crippen LogP contribution in [0, 0.1) is 0 Å². The number of hydrogen-bond acceptors (Lipinski definition) is 5. The summed E-state index contributed by atoms with van der Waals surface area (Å²) in [5, 5.41) is 0. The average molecular weight is 260 g/mol. The van der Waals surface area contributed by atoms with Crippen molar-refractivity contribution in [2.45, 2.75) is 11.0 Å². The van der Waals surface area contributed by atoms with Gasteiger partial charge in [0.1, 0.15) is 0 Å². The molecule has 0 aliphatic rings. The van der Waals surface area contributed by atoms with E-state index < -0.39 is 31.2 Å². The number of hydrogen-bond donors (Lipinski definition) is 2. The van der Waals surface area contributed by atoms with Crippen LogP contribution in [0.15, 0.2) is 12.7 Å². The van der Waals surface area contributed by atoms with Crippen LogP contribution in [0.2, 0.25) is 0 Å². The maximum atomic E-state index is 10.6. The lowest BCUT2D eigenvalue weighted by atomic mass is 10.5. The van der Waals surface area contributed by atoms with Gasteiger partial charge >= 0.3 is 0 Å². The summed E-state index contributed by atoms with van der Waals surface area (Å²) in [6.45, 7) is 3.19. The minimum absolute atomic E-state index is 0.115. The molecule has 0 saturated heterocycles. The molecule has 0 atom stereocenters. The zero-order valence-corrected chi connectivity index (χ0v) is 9.37. The van der Waals surface area contributed by atoms with Crippen molar-refractivity contribution in [2.75, 3.05) is 13.2 Å². The standard InChI is InChI=1S/C6H12O7S2/c1-2-4-13-5-3-6(14(7,8)9)15(10,11)12/h2,6H,1,3-5H2,(H,7,8,9)(H,10,11,12). The van der Waals surface area contributed by atoms with E-state index in [0.717, 1.165) is 0 Å². The lowest BCUT2D eigenvalue weighted by Crippen LogP contribution is -2.30. The van der Waals surface area contributed by atoms with E-state index in [2.05, 4.69) is 6.58 Å². The molecule has 0 saturated carbocycles. The van der Waals surface area contributed by atoms with E-state index in [-0.39, 0.29) is 13.2 Å². The Morgan fingerprint density at radius 3 is 2.00 bits per heavy atom. The third kappa shape index (κ3) is 5.85. The molecule has 0 aliphatic heterocycles. The van der Waals surface area contributed by atoms with Crippen molar-refractivity contribution in [1.82, 2.24) is 0 Å². The predicted molar refractivity (Wildman–Crippen MR) is 52.5 cm³/mol. The van der Waals surface area contributed by atoms with Crippen LogP contribution in [0.4, 0.5) is 0 Å². The van der Waals surface area contributed by atoms with Crippen LogP contribution in [0.5, 0.6) is 0 Å². The highest BCUT2D eigenvalue weighted by atomic mass is 32.3. The highest BCUT2D eigenvalue weighted by Crippen LogP contribution is 2.11. The summed E-state index contributed by atoms with van der Waals surface area (Å²) < 4.78 is 61.8. The summed E-state index contributed by atoms with van der Waals surface area (Å²) in [7, 11) is -9.71. The Morgan fingerprint density at radius 2 is 1.67 bits per heavy atom. The highest BCUT2D eigenvalue weighted by molar-refractivity contribution is 8.03. The fraction of sp³-hybridized carbons (Fsp3) is 0.667. The van der Waals surface area contributed by atoms with Gasteiger partial charge in [-0.25, -0.2) is 0 Å². The lowest BCUT2D eigenvalue weighted by molar-refractivity contribution is 0.161. The van der Waals surface area contributed by atoms with Crippen molar-refractivity contribution in [2.24, 2.45) is 0 Å². The van der Waals surface area contributed by atoms with Crippen LogP contribution in [-0.4, -0.2) is 43.7 Å². The molecule has 0 bridgehead atoms. The van der Waals surface area contributed by atoms with Gasteiger partial charge in [0.15, 0.2) is 0 Å². The summed E-state index contributed by atoms with van der Waals surface area (Å²) >= 11 is 0. The largest absolute Gasteiger partial charge is 0.377 e. The van der Waals surface area contributed by atoms with Gasteiger partial charge in [0.05, 0.1) is 6.61 Å². The maximum absolute atomic E-state index is 10.6. The van der Waals surface area contributed by atoms with Gasteiger partial charge in [-0.2, -0.15) is 16.8 Å². The van der Waals surface area contributed by atoms with Gasteiger partial charge in [0, 0.05) is 13.0 Å². The fourth-order valence-corrected chi connectivity index (χ4v) is 2.82. The number of ether oxygens (including phenoxy) is 1. The molecule has 0 unspecified atom stereocenters. The van der Waals surface area contributed by atoms with Crippen molar-refractivity contribution in [3.8, 4) is 0 Å². The zero-order chi connectivity index (χ0) is 12.1. The van der Waals surface area contributed by atoms with Gasteiger partial charge in [0.2, 0.25) is 4.58 Å². The van der Waals surface area contributed by atoms with Crippen LogP contribution in [-0.2, 0) is 25.0 Å². The van der Waals surface area contributed by atoms with E-state index in [1.165, 1.54) is 6.08 Å². The Morgan fingerprint density at radius 1 is 1.20 bits per heavy atom. The molecule has 15 heavy (non-hydrogen) atoms. The molecule has 9 heteroatoms. The normalized spacial score (nSPS) is 13.0. The first-order chi connectivity index (χ1) is 6.69. The quantitative estimate of drug-likeness (QED) is 0.366. The lowest BCUT2D eigenvalue weighted by Gasteiger charge is -2.09. The van der Waals surface area contributed by atoms with Gasteiger partial charge in [-0.15, -0.1) is 6.58 Å². The van der Waals surface area contributed by atoms with Crippen molar-refractivity contribution >= 4 is 20.2 Å². The van der Waals surface area contributed by atoms with E-state index in [1.54, 1.807) is 0 Å². The molecule has 0 amide bonds. The molecule has 7 nitrogen and oxygen atoms in total. The molecule has 0 rings (SSSR count). The summed E-state index contributed by atoms with van der Waals surface area (Å²) in [6.07, 6.45) is 0.835. The van der Waals surface area contributed by atoms with Crippen LogP contribution >= 0.6 is 0 Å². The predicted octanol–water partition coefficient (Wildman–Crippen LogP) is -0.319. The van der Waals surface area contributed by atoms with Crippen LogP contribution in [0.25, 0.3) is 0 Å². The molecule has 0 aromatic carbocycles. The molecule has 0 heterocycles. The van der Waals surface area contributed by atoms with E-state index >= 15 is 0 Å². The minimum Gasteiger partial charge on any atom is -0.377 e. The highest BCUT2D eigenvalue weighted by Gasteiger charge is 2.34. The second-order valence-corrected chi connectivity index (χ2v) is 6.11. The van der Waals surface area contributed by atoms with E-state index in [4.69, 9.17) is 13.8 Å². The zero-order valence-electron chi connectivity index (χ0n) is 7.74. The molecule has 0 aromatic heterocycles. The van der Waals surface area contributed by atoms with Crippen molar-refractivity contribution in [1.29, 1.82) is 0 Å². The molecule has 0 fully saturated rings. The summed E-state index contributed by atoms with van der Waals surface area (Å²) in [6, 6.07) is 0. The molecule has 0 aliphatic carbocycles. The molecular formula is C6H12O7S2. The monoisotopic (exact) mass is 260 g/mol. The first-order valence-electron chi connectivity index (χ1n) is 3.81. The minimum atomic E-state index is -4.85. The van der Waals surface area contributed by atoms with Gasteiger partial charge in [-0.3, -0.25) is 9.11 Å². The Kier molecular flexibility index (Phi) is 5.38. The van der Waals surface area contributed by atoms with E-state index in [9.17, 15) is 16.8 Å². The Labute approximate surface area is 88.2 Å². The van der Waals surface area contributed by atoms with Gasteiger partial charge < -0.3 is 4.74 Å². The van der Waals surface area contributed by atoms with E-state index in [1.807, 2.05) is 0 Å². The Balaban J connectivity index is 4.51. The van der Waals surface area contributed by atoms with Gasteiger partial charge in [-0.1, -0.05) is 6.08 Å². The van der Waals surface area contributed by atoms with Crippen LogP contribution in [0.1, 0.15) is 6.42 Å². The fourth-order valence-electron chi connectivity index (χ4n) is 0.798. The number of rotatable bonds is 7. The summed E-state index contributed by atoms with van der Waals surface area (Å²) in [5.41, 5.74) is 0. The first-order valence-corrected chi connectivity index (χ1v) is 6.81. The topological polar surface area (TPSA) is 118 Å². The van der Waals surface area contributed by atoms with Crippen LogP contribution < -0.4 is 0 Å². The summed E-state index contributed by atoms with van der Waals surface area (Å²) in [4.78, 5) is 0. The molecular weight excluding hydrogens is 248 g/mol. The molecule has 0 aromatic rings. The van der Waals surface area contributed by atoms with Gasteiger partial charge in [-0.05, 0) is 0 Å². The molecule has 0 radical (unpaired) electrons. The second kappa shape index (κ2) is 5.56. The van der Waals surface area contributed by atoms with Gasteiger partial charge in [0.25, 0.3) is 20.2 Å². The smallest absolute Gasteiger partial charge is 0.284 e. The third-order valence-corrected chi connectivity index (χ3v) is 4.66. The molecule has 2 N–H and O–H groups in total.